The van der Waals surface area contributed by atoms with Crippen LogP contribution < -0.4 is 10.3 Å². The molecule has 1 N–H and O–H groups in total. The summed E-state index contributed by atoms with van der Waals surface area (Å²) in [6.07, 6.45) is 1.27. The average molecular weight is 357 g/mol. The molecule has 2 aromatic carbocycles. The van der Waals surface area contributed by atoms with Crippen LogP contribution >= 0.6 is 0 Å². The summed E-state index contributed by atoms with van der Waals surface area (Å²) in [5.41, 5.74) is 3.13. The number of hydrazone groups is 1. The molecule has 134 valence electrons. The number of non-ortho nitro benzene ring substituents is 1. The van der Waals surface area contributed by atoms with Crippen LogP contribution in [0.5, 0.6) is 0 Å². The fraction of sp³-hybridized carbons (Fsp3) is 0.125. The zero-order valence-corrected chi connectivity index (χ0v) is 13.9. The second-order valence-corrected chi connectivity index (χ2v) is 5.40. The van der Waals surface area contributed by atoms with Gasteiger partial charge >= 0.3 is 0 Å². The van der Waals surface area contributed by atoms with Crippen molar-refractivity contribution in [3.63, 3.8) is 0 Å². The largest absolute Gasteiger partial charge is 0.372 e. The number of nitrogens with one attached hydrogen (secondary N) is 1. The number of anilines is 1. The maximum Gasteiger partial charge on any atom is 0.293 e. The minimum atomic E-state index is -0.565. The molecule has 1 amide bonds. The van der Waals surface area contributed by atoms with Crippen LogP contribution in [-0.4, -0.2) is 36.1 Å². The monoisotopic (exact) mass is 357 g/mol. The van der Waals surface area contributed by atoms with Gasteiger partial charge < -0.3 is 4.90 Å². The number of carbonyl (C=O) groups excluding carboxylic acids is 1. The Kier molecular flexibility index (Phi) is 5.58. The van der Waals surface area contributed by atoms with Crippen LogP contribution in [0, 0.1) is 20.2 Å². The van der Waals surface area contributed by atoms with E-state index in [4.69, 9.17) is 0 Å². The van der Waals surface area contributed by atoms with E-state index in [1.807, 2.05) is 0 Å². The van der Waals surface area contributed by atoms with Crippen molar-refractivity contribution in [3.8, 4) is 0 Å². The Morgan fingerprint density at radius 1 is 1.08 bits per heavy atom. The molecule has 0 aliphatic heterocycles. The predicted octanol–water partition coefficient (Wildman–Crippen LogP) is 2.33. The fourth-order valence-electron chi connectivity index (χ4n) is 2.11. The number of benzene rings is 2. The molecule has 0 atom stereocenters. The molecule has 10 heteroatoms. The Balaban J connectivity index is 2.10. The summed E-state index contributed by atoms with van der Waals surface area (Å²) in [4.78, 5) is 34.2. The molecule has 0 aromatic heterocycles. The molecule has 0 heterocycles. The van der Waals surface area contributed by atoms with E-state index in [0.29, 0.717) is 11.3 Å². The Morgan fingerprint density at radius 3 is 2.27 bits per heavy atom. The zero-order chi connectivity index (χ0) is 19.3. The first kappa shape index (κ1) is 18.5. The normalized spacial score (nSPS) is 10.5. The number of hydrogen-bond acceptors (Lipinski definition) is 7. The van der Waals surface area contributed by atoms with E-state index in [1.165, 1.54) is 36.5 Å². The van der Waals surface area contributed by atoms with Gasteiger partial charge in [0.05, 0.1) is 16.1 Å². The molecule has 2 aromatic rings. The van der Waals surface area contributed by atoms with E-state index >= 15 is 0 Å². The first-order valence-corrected chi connectivity index (χ1v) is 7.33. The van der Waals surface area contributed by atoms with E-state index in [9.17, 15) is 25.0 Å². The van der Waals surface area contributed by atoms with Crippen LogP contribution in [0.25, 0.3) is 0 Å². The molecule has 2 rings (SSSR count). The van der Waals surface area contributed by atoms with Crippen molar-refractivity contribution in [3.05, 3.63) is 73.8 Å². The number of hydrogen-bond donors (Lipinski definition) is 1. The van der Waals surface area contributed by atoms with Crippen LogP contribution in [-0.2, 0) is 0 Å². The summed E-state index contributed by atoms with van der Waals surface area (Å²) in [6, 6.07) is 9.59. The minimum absolute atomic E-state index is 0.0827. The van der Waals surface area contributed by atoms with E-state index in [0.717, 1.165) is 0 Å². The second kappa shape index (κ2) is 7.83. The van der Waals surface area contributed by atoms with Crippen LogP contribution in [0.2, 0.25) is 0 Å². The van der Waals surface area contributed by atoms with Gasteiger partial charge in [0.2, 0.25) is 0 Å². The van der Waals surface area contributed by atoms with Crippen molar-refractivity contribution in [1.82, 2.24) is 5.43 Å². The van der Waals surface area contributed by atoms with Gasteiger partial charge in [-0.15, -0.1) is 0 Å². The Bertz CT molecular complexity index is 877. The third-order valence-corrected chi connectivity index (χ3v) is 3.40. The summed E-state index contributed by atoms with van der Waals surface area (Å²) in [6.45, 7) is 0. The van der Waals surface area contributed by atoms with Gasteiger partial charge in [-0.05, 0) is 18.2 Å². The molecule has 0 aliphatic rings. The SMILES string of the molecule is CN(C)c1ccc(/C=N\NC(=O)c2ccc([N+](=O)[O-])cc2)cc1[N+](=O)[O-]. The summed E-state index contributed by atoms with van der Waals surface area (Å²) in [5, 5.41) is 25.5. The molecule has 0 fully saturated rings. The van der Waals surface area contributed by atoms with E-state index < -0.39 is 15.8 Å². The van der Waals surface area contributed by atoms with Crippen LogP contribution in [0.3, 0.4) is 0 Å². The highest BCUT2D eigenvalue weighted by atomic mass is 16.6. The highest BCUT2D eigenvalue weighted by Gasteiger charge is 2.15. The van der Waals surface area contributed by atoms with Gasteiger partial charge in [-0.25, -0.2) is 5.43 Å². The van der Waals surface area contributed by atoms with E-state index in [1.54, 1.807) is 31.1 Å². The van der Waals surface area contributed by atoms with Crippen molar-refractivity contribution in [2.75, 3.05) is 19.0 Å². The summed E-state index contributed by atoms with van der Waals surface area (Å²) in [5.74, 6) is -0.560. The van der Waals surface area contributed by atoms with Crippen molar-refractivity contribution in [1.29, 1.82) is 0 Å². The maximum atomic E-state index is 11.9. The molecule has 0 bridgehead atoms. The molecule has 26 heavy (non-hydrogen) atoms. The predicted molar refractivity (Wildman–Crippen MR) is 95.6 cm³/mol. The summed E-state index contributed by atoms with van der Waals surface area (Å²) >= 11 is 0. The molecule has 0 unspecified atom stereocenters. The van der Waals surface area contributed by atoms with Gasteiger partial charge in [0.15, 0.2) is 0 Å². The highest BCUT2D eigenvalue weighted by molar-refractivity contribution is 5.95. The van der Waals surface area contributed by atoms with Crippen molar-refractivity contribution in [2.24, 2.45) is 5.10 Å². The number of nitro groups is 2. The lowest BCUT2D eigenvalue weighted by molar-refractivity contribution is -0.384. The van der Waals surface area contributed by atoms with Crippen molar-refractivity contribution < 1.29 is 14.6 Å². The first-order chi connectivity index (χ1) is 12.3. The third-order valence-electron chi connectivity index (χ3n) is 3.40. The summed E-state index contributed by atoms with van der Waals surface area (Å²) < 4.78 is 0. The minimum Gasteiger partial charge on any atom is -0.372 e. The zero-order valence-electron chi connectivity index (χ0n) is 13.9. The molecule has 0 radical (unpaired) electrons. The Labute approximate surface area is 148 Å². The van der Waals surface area contributed by atoms with Gasteiger partial charge in [0.25, 0.3) is 17.3 Å². The lowest BCUT2D eigenvalue weighted by atomic mass is 10.2. The standard InChI is InChI=1S/C16H15N5O5/c1-19(2)14-8-3-11(9-15(14)21(25)26)10-17-18-16(22)12-4-6-13(7-5-12)20(23)24/h3-10H,1-2H3,(H,18,22)/b17-10-. The number of rotatable bonds is 6. The third kappa shape index (κ3) is 4.38. The van der Waals surface area contributed by atoms with Gasteiger partial charge in [0.1, 0.15) is 5.69 Å². The quantitative estimate of drug-likeness (QED) is 0.479. The fourth-order valence-corrected chi connectivity index (χ4v) is 2.11. The van der Waals surface area contributed by atoms with Crippen LogP contribution in [0.1, 0.15) is 15.9 Å². The van der Waals surface area contributed by atoms with Gasteiger partial charge in [-0.3, -0.25) is 25.0 Å². The average Bonchev–Trinajstić information content (AvgIpc) is 2.61. The maximum absolute atomic E-state index is 11.9. The van der Waals surface area contributed by atoms with Crippen molar-refractivity contribution in [2.45, 2.75) is 0 Å². The van der Waals surface area contributed by atoms with Crippen LogP contribution in [0.15, 0.2) is 47.6 Å². The highest BCUT2D eigenvalue weighted by Crippen LogP contribution is 2.27. The van der Waals surface area contributed by atoms with Gasteiger partial charge in [-0.2, -0.15) is 5.10 Å². The molecule has 0 aliphatic carbocycles. The number of amides is 1. The van der Waals surface area contributed by atoms with Crippen molar-refractivity contribution >= 4 is 29.2 Å². The molecular weight excluding hydrogens is 342 g/mol. The molecule has 0 saturated heterocycles. The molecule has 10 nitrogen and oxygen atoms in total. The van der Waals surface area contributed by atoms with Crippen LogP contribution in [0.4, 0.5) is 17.1 Å². The Hall–Kier alpha value is -3.82. The number of nitrogens with zero attached hydrogens (tertiary/aromatic N) is 4. The van der Waals surface area contributed by atoms with E-state index in [-0.39, 0.29) is 16.9 Å². The lowest BCUT2D eigenvalue weighted by Crippen LogP contribution is -2.17. The van der Waals surface area contributed by atoms with E-state index in [2.05, 4.69) is 10.5 Å². The smallest absolute Gasteiger partial charge is 0.293 e. The molecular formula is C16H15N5O5. The topological polar surface area (TPSA) is 131 Å². The summed E-state index contributed by atoms with van der Waals surface area (Å²) in [7, 11) is 3.39. The number of carbonyl (C=O) groups is 1. The molecule has 0 spiro atoms. The van der Waals surface area contributed by atoms with Gasteiger partial charge in [-0.1, -0.05) is 6.07 Å². The first-order valence-electron chi connectivity index (χ1n) is 7.33. The Morgan fingerprint density at radius 2 is 1.73 bits per heavy atom. The molecule has 0 saturated carbocycles. The lowest BCUT2D eigenvalue weighted by Gasteiger charge is -2.12. The van der Waals surface area contributed by atoms with Gasteiger partial charge in [0, 0.05) is 43.4 Å². The second-order valence-electron chi connectivity index (χ2n) is 5.40. The number of nitro benzene ring substituents is 2.